The SMILES string of the molecule is N#C/C(=C\c1ccc(-c2ccccc2)o1)c1[nH+]c(N)c(C#N)c(N)c1C#N. The van der Waals surface area contributed by atoms with E-state index in [1.54, 1.807) is 12.1 Å². The summed E-state index contributed by atoms with van der Waals surface area (Å²) in [4.78, 5) is 2.72. The highest BCUT2D eigenvalue weighted by molar-refractivity contribution is 5.90. The van der Waals surface area contributed by atoms with Crippen molar-refractivity contribution >= 4 is 23.2 Å². The molecule has 0 saturated heterocycles. The van der Waals surface area contributed by atoms with Gasteiger partial charge in [0.2, 0.25) is 0 Å². The molecule has 2 heterocycles. The van der Waals surface area contributed by atoms with Crippen LogP contribution in [0.5, 0.6) is 0 Å². The van der Waals surface area contributed by atoms with Gasteiger partial charge in [0, 0.05) is 11.6 Å². The van der Waals surface area contributed by atoms with E-state index in [4.69, 9.17) is 21.1 Å². The van der Waals surface area contributed by atoms with Crippen LogP contribution in [0.15, 0.2) is 46.9 Å². The summed E-state index contributed by atoms with van der Waals surface area (Å²) in [6.07, 6.45) is 1.48. The van der Waals surface area contributed by atoms with Gasteiger partial charge in [0.15, 0.2) is 11.3 Å². The molecule has 0 spiro atoms. The van der Waals surface area contributed by atoms with Crippen molar-refractivity contribution in [3.05, 3.63) is 65.0 Å². The number of benzene rings is 1. The van der Waals surface area contributed by atoms with Gasteiger partial charge in [0.25, 0.3) is 5.82 Å². The molecule has 0 atom stereocenters. The molecule has 0 aliphatic heterocycles. The second-order valence-corrected chi connectivity index (χ2v) is 5.54. The zero-order chi connectivity index (χ0) is 19.4. The van der Waals surface area contributed by atoms with Gasteiger partial charge in [-0.2, -0.15) is 15.8 Å². The first-order valence-electron chi connectivity index (χ1n) is 7.81. The molecule has 3 aromatic rings. The summed E-state index contributed by atoms with van der Waals surface area (Å²) >= 11 is 0. The lowest BCUT2D eigenvalue weighted by atomic mass is 10.0. The lowest BCUT2D eigenvalue weighted by Gasteiger charge is -2.05. The Bertz CT molecular complexity index is 1170. The third-order valence-electron chi connectivity index (χ3n) is 3.90. The van der Waals surface area contributed by atoms with E-state index in [0.29, 0.717) is 11.5 Å². The highest BCUT2D eigenvalue weighted by atomic mass is 16.3. The van der Waals surface area contributed by atoms with Gasteiger partial charge >= 0.3 is 0 Å². The number of H-pyrrole nitrogens is 1. The average Bonchev–Trinajstić information content (AvgIpc) is 3.15. The van der Waals surface area contributed by atoms with Crippen LogP contribution in [0.25, 0.3) is 23.0 Å². The number of anilines is 2. The number of furan rings is 1. The Morgan fingerprint density at radius 3 is 2.30 bits per heavy atom. The number of aromatic amines is 1. The summed E-state index contributed by atoms with van der Waals surface area (Å²) in [5, 5.41) is 28.1. The molecule has 3 rings (SSSR count). The lowest BCUT2D eigenvalue weighted by molar-refractivity contribution is -0.364. The number of nitrogens with two attached hydrogens (primary N) is 2. The molecule has 0 aliphatic carbocycles. The van der Waals surface area contributed by atoms with Crippen molar-refractivity contribution in [2.45, 2.75) is 0 Å². The monoisotopic (exact) mass is 353 g/mol. The number of pyridine rings is 1. The summed E-state index contributed by atoms with van der Waals surface area (Å²) in [5.74, 6) is 1.04. The quantitative estimate of drug-likeness (QED) is 0.691. The van der Waals surface area contributed by atoms with Crippen LogP contribution in [0.3, 0.4) is 0 Å². The number of hydrogen-bond acceptors (Lipinski definition) is 6. The van der Waals surface area contributed by atoms with E-state index in [1.807, 2.05) is 48.5 Å². The molecule has 7 nitrogen and oxygen atoms in total. The fraction of sp³-hybridized carbons (Fsp3) is 0. The molecule has 128 valence electrons. The van der Waals surface area contributed by atoms with E-state index in [0.717, 1.165) is 5.56 Å². The van der Waals surface area contributed by atoms with Crippen LogP contribution in [0.2, 0.25) is 0 Å². The molecule has 0 radical (unpaired) electrons. The molecule has 1 aromatic carbocycles. The van der Waals surface area contributed by atoms with Crippen molar-refractivity contribution in [1.29, 1.82) is 15.8 Å². The summed E-state index contributed by atoms with van der Waals surface area (Å²) in [7, 11) is 0. The number of rotatable bonds is 3. The van der Waals surface area contributed by atoms with Crippen LogP contribution < -0.4 is 16.5 Å². The van der Waals surface area contributed by atoms with Gasteiger partial charge in [-0.25, -0.2) is 4.98 Å². The van der Waals surface area contributed by atoms with E-state index in [9.17, 15) is 10.5 Å². The van der Waals surface area contributed by atoms with Crippen molar-refractivity contribution in [3.8, 4) is 29.5 Å². The van der Waals surface area contributed by atoms with Gasteiger partial charge in [0.1, 0.15) is 40.9 Å². The van der Waals surface area contributed by atoms with Crippen LogP contribution in [-0.2, 0) is 0 Å². The normalized spacial score (nSPS) is 10.6. The minimum Gasteiger partial charge on any atom is -0.457 e. The minimum absolute atomic E-state index is 0.0189. The van der Waals surface area contributed by atoms with E-state index >= 15 is 0 Å². The molecule has 0 bridgehead atoms. The van der Waals surface area contributed by atoms with Gasteiger partial charge < -0.3 is 10.2 Å². The maximum Gasteiger partial charge on any atom is 0.291 e. The molecular formula is C20H13N6O+. The molecule has 27 heavy (non-hydrogen) atoms. The first-order chi connectivity index (χ1) is 13.1. The van der Waals surface area contributed by atoms with Crippen molar-refractivity contribution in [3.63, 3.8) is 0 Å². The number of aromatic nitrogens is 1. The Hall–Kier alpha value is -4.54. The first-order valence-corrected chi connectivity index (χ1v) is 7.81. The number of nitrogens with one attached hydrogen (secondary N) is 1. The number of allylic oxidation sites excluding steroid dienone is 1. The van der Waals surface area contributed by atoms with Crippen LogP contribution in [0.1, 0.15) is 22.6 Å². The Balaban J connectivity index is 2.10. The Morgan fingerprint density at radius 1 is 0.963 bits per heavy atom. The molecule has 7 heteroatoms. The summed E-state index contributed by atoms with van der Waals surface area (Å²) < 4.78 is 5.76. The molecule has 2 aromatic heterocycles. The number of nitrogens with zero attached hydrogens (tertiary/aromatic N) is 3. The van der Waals surface area contributed by atoms with E-state index < -0.39 is 0 Å². The maximum atomic E-state index is 9.56. The molecule has 0 amide bonds. The third kappa shape index (κ3) is 3.19. The summed E-state index contributed by atoms with van der Waals surface area (Å²) in [6, 6.07) is 18.8. The molecule has 0 fully saturated rings. The second-order valence-electron chi connectivity index (χ2n) is 5.54. The molecule has 5 N–H and O–H groups in total. The number of nitrogen functional groups attached to an aromatic ring is 2. The third-order valence-corrected chi connectivity index (χ3v) is 3.90. The Labute approximate surface area is 155 Å². The average molecular weight is 353 g/mol. The van der Waals surface area contributed by atoms with Crippen molar-refractivity contribution in [2.75, 3.05) is 11.5 Å². The maximum absolute atomic E-state index is 9.56. The molecule has 0 unspecified atom stereocenters. The number of hydrogen-bond donors (Lipinski definition) is 2. The van der Waals surface area contributed by atoms with Crippen LogP contribution in [-0.4, -0.2) is 0 Å². The molecule has 0 aliphatic rings. The van der Waals surface area contributed by atoms with Crippen molar-refractivity contribution in [2.24, 2.45) is 0 Å². The van der Waals surface area contributed by atoms with E-state index in [-0.39, 0.29) is 33.9 Å². The minimum atomic E-state index is -0.0724. The highest BCUT2D eigenvalue weighted by Gasteiger charge is 2.23. The standard InChI is InChI=1S/C20H12N6O/c21-9-13(19-15(10-22)18(24)16(11-23)20(25)26-19)8-14-6-7-17(27-14)12-4-2-1-3-5-12/h1-8H,(H4,24,25,26)/p+1/b13-8+. The number of nitriles is 3. The van der Waals surface area contributed by atoms with E-state index in [1.165, 1.54) is 6.08 Å². The van der Waals surface area contributed by atoms with E-state index in [2.05, 4.69) is 4.98 Å². The zero-order valence-electron chi connectivity index (χ0n) is 14.0. The van der Waals surface area contributed by atoms with Gasteiger partial charge in [-0.1, -0.05) is 30.3 Å². The van der Waals surface area contributed by atoms with Crippen molar-refractivity contribution < 1.29 is 9.40 Å². The van der Waals surface area contributed by atoms with Crippen LogP contribution in [0, 0.1) is 34.0 Å². The largest absolute Gasteiger partial charge is 0.457 e. The predicted octanol–water partition coefficient (Wildman–Crippen LogP) is 2.73. The second kappa shape index (κ2) is 7.14. The Kier molecular flexibility index (Phi) is 4.57. The first kappa shape index (κ1) is 17.3. The Morgan fingerprint density at radius 2 is 1.67 bits per heavy atom. The lowest BCUT2D eigenvalue weighted by Crippen LogP contribution is -2.21. The van der Waals surface area contributed by atoms with Gasteiger partial charge in [-0.3, -0.25) is 5.73 Å². The highest BCUT2D eigenvalue weighted by Crippen LogP contribution is 2.28. The summed E-state index contributed by atoms with van der Waals surface area (Å²) in [5.41, 5.74) is 12.7. The van der Waals surface area contributed by atoms with Crippen molar-refractivity contribution in [1.82, 2.24) is 0 Å². The van der Waals surface area contributed by atoms with Gasteiger partial charge in [-0.15, -0.1) is 0 Å². The van der Waals surface area contributed by atoms with Gasteiger partial charge in [0.05, 0.1) is 5.69 Å². The molecule has 0 saturated carbocycles. The van der Waals surface area contributed by atoms with Gasteiger partial charge in [-0.05, 0) is 12.1 Å². The smallest absolute Gasteiger partial charge is 0.291 e. The zero-order valence-corrected chi connectivity index (χ0v) is 14.0. The molecular weight excluding hydrogens is 340 g/mol. The topological polar surface area (TPSA) is 151 Å². The fourth-order valence-corrected chi connectivity index (χ4v) is 2.59. The summed E-state index contributed by atoms with van der Waals surface area (Å²) in [6.45, 7) is 0. The van der Waals surface area contributed by atoms with Crippen LogP contribution >= 0.6 is 0 Å². The van der Waals surface area contributed by atoms with Crippen LogP contribution in [0.4, 0.5) is 11.5 Å². The fourth-order valence-electron chi connectivity index (χ4n) is 2.59. The predicted molar refractivity (Wildman–Crippen MR) is 98.9 cm³/mol.